The molecular weight excluding hydrogens is 348 g/mol. The van der Waals surface area contributed by atoms with E-state index in [4.69, 9.17) is 5.26 Å². The minimum atomic E-state index is -0.150. The van der Waals surface area contributed by atoms with Crippen molar-refractivity contribution in [3.63, 3.8) is 0 Å². The summed E-state index contributed by atoms with van der Waals surface area (Å²) in [5.41, 5.74) is 3.13. The van der Waals surface area contributed by atoms with E-state index in [1.807, 2.05) is 19.2 Å². The summed E-state index contributed by atoms with van der Waals surface area (Å²) in [7, 11) is 0. The Morgan fingerprint density at radius 2 is 2.38 bits per heavy atom. The molecule has 26 heavy (non-hydrogen) atoms. The summed E-state index contributed by atoms with van der Waals surface area (Å²) in [4.78, 5) is 24.4. The third-order valence-electron chi connectivity index (χ3n) is 4.86. The number of amides is 1. The monoisotopic (exact) mass is 368 g/mol. The van der Waals surface area contributed by atoms with Gasteiger partial charge in [-0.2, -0.15) is 5.26 Å². The number of fused-ring (bicyclic) bond motifs is 1. The van der Waals surface area contributed by atoms with Crippen LogP contribution in [-0.2, 0) is 11.2 Å². The molecule has 2 aromatic rings. The molecule has 0 aliphatic carbocycles. The number of hydrogen-bond acceptors (Lipinski definition) is 7. The predicted molar refractivity (Wildman–Crippen MR) is 98.6 cm³/mol. The number of pyridine rings is 1. The van der Waals surface area contributed by atoms with E-state index in [9.17, 15) is 4.79 Å². The number of aromatic nitrogens is 2. The summed E-state index contributed by atoms with van der Waals surface area (Å²) in [6.45, 7) is 4.00. The maximum absolute atomic E-state index is 12.5. The summed E-state index contributed by atoms with van der Waals surface area (Å²) < 4.78 is 0. The van der Waals surface area contributed by atoms with Gasteiger partial charge in [0.15, 0.2) is 11.3 Å². The molecule has 0 bridgehead atoms. The molecule has 2 aliphatic rings. The first-order valence-electron chi connectivity index (χ1n) is 8.75. The number of rotatable bonds is 3. The first kappa shape index (κ1) is 16.9. The van der Waals surface area contributed by atoms with E-state index in [0.717, 1.165) is 34.8 Å². The van der Waals surface area contributed by atoms with E-state index < -0.39 is 0 Å². The Balaban J connectivity index is 1.51. The van der Waals surface area contributed by atoms with Gasteiger partial charge in [-0.1, -0.05) is 17.4 Å². The van der Waals surface area contributed by atoms with Crippen molar-refractivity contribution in [3.05, 3.63) is 40.2 Å². The zero-order valence-corrected chi connectivity index (χ0v) is 15.3. The molecule has 0 radical (unpaired) electrons. The summed E-state index contributed by atoms with van der Waals surface area (Å²) >= 11 is 1.51. The number of carbonyl (C=O) groups excluding carboxylic acids is 1. The van der Waals surface area contributed by atoms with Crippen LogP contribution in [0.15, 0.2) is 18.3 Å². The lowest BCUT2D eigenvalue weighted by molar-refractivity contribution is -0.119. The van der Waals surface area contributed by atoms with E-state index in [0.29, 0.717) is 24.6 Å². The number of aryl methyl sites for hydroxylation is 1. The normalized spacial score (nSPS) is 21.9. The van der Waals surface area contributed by atoms with Crippen LogP contribution in [-0.4, -0.2) is 40.4 Å². The summed E-state index contributed by atoms with van der Waals surface area (Å²) in [5.74, 6) is -0.199. The van der Waals surface area contributed by atoms with E-state index in [-0.39, 0.29) is 17.9 Å². The molecule has 2 aromatic heterocycles. The molecule has 1 unspecified atom stereocenters. The highest BCUT2D eigenvalue weighted by molar-refractivity contribution is 7.16. The van der Waals surface area contributed by atoms with E-state index in [2.05, 4.69) is 32.9 Å². The zero-order chi connectivity index (χ0) is 18.1. The second-order valence-electron chi connectivity index (χ2n) is 6.75. The standard InChI is InChI=1S/C18H20N6OS/c1-11-2-3-13(21-8-11)15-16-14(4-6-20-15)22-18(26-16)23-17(25)12-5-7-24(9-12)10-19/h2-3,8,12,15,20H,4-7,9H2,1H3,(H,22,23,25)/t12-,15?/m0/s1. The SMILES string of the molecule is Cc1ccc(C2NCCc3nc(NC(=O)[C@H]4CCN(C#N)C4)sc32)nc1. The Hall–Kier alpha value is -2.50. The minimum absolute atomic E-state index is 0.0167. The second-order valence-corrected chi connectivity index (χ2v) is 7.78. The van der Waals surface area contributed by atoms with Crippen LogP contribution in [0.2, 0.25) is 0 Å². The molecule has 2 atom stereocenters. The first-order valence-corrected chi connectivity index (χ1v) is 9.57. The van der Waals surface area contributed by atoms with Crippen LogP contribution in [0, 0.1) is 24.3 Å². The van der Waals surface area contributed by atoms with Crippen LogP contribution in [0.3, 0.4) is 0 Å². The van der Waals surface area contributed by atoms with Crippen molar-refractivity contribution in [2.75, 3.05) is 25.0 Å². The Morgan fingerprint density at radius 1 is 1.50 bits per heavy atom. The van der Waals surface area contributed by atoms with Gasteiger partial charge in [-0.05, 0) is 25.0 Å². The van der Waals surface area contributed by atoms with Gasteiger partial charge in [0.2, 0.25) is 5.91 Å². The van der Waals surface area contributed by atoms with Gasteiger partial charge in [-0.3, -0.25) is 9.78 Å². The number of thiazole rings is 1. The van der Waals surface area contributed by atoms with Crippen LogP contribution in [0.4, 0.5) is 5.13 Å². The molecular formula is C18H20N6OS. The molecule has 8 heteroatoms. The van der Waals surface area contributed by atoms with Gasteiger partial charge in [0.05, 0.1) is 28.2 Å². The van der Waals surface area contributed by atoms with Gasteiger partial charge in [-0.25, -0.2) is 4.98 Å². The van der Waals surface area contributed by atoms with Crippen molar-refractivity contribution in [3.8, 4) is 6.19 Å². The Morgan fingerprint density at radius 3 is 3.12 bits per heavy atom. The third kappa shape index (κ3) is 3.28. The van der Waals surface area contributed by atoms with Crippen molar-refractivity contribution in [1.29, 1.82) is 5.26 Å². The third-order valence-corrected chi connectivity index (χ3v) is 5.94. The molecule has 0 aromatic carbocycles. The molecule has 2 N–H and O–H groups in total. The first-order chi connectivity index (χ1) is 12.6. The van der Waals surface area contributed by atoms with E-state index >= 15 is 0 Å². The molecule has 0 saturated carbocycles. The molecule has 4 rings (SSSR count). The lowest BCUT2D eigenvalue weighted by Gasteiger charge is -2.22. The topological polar surface area (TPSA) is 93.9 Å². The second kappa shape index (κ2) is 7.02. The maximum Gasteiger partial charge on any atom is 0.231 e. The molecule has 134 valence electrons. The quantitative estimate of drug-likeness (QED) is 0.803. The predicted octanol–water partition coefficient (Wildman–Crippen LogP) is 1.82. The van der Waals surface area contributed by atoms with Crippen molar-refractivity contribution in [2.45, 2.75) is 25.8 Å². The smallest absolute Gasteiger partial charge is 0.231 e. The van der Waals surface area contributed by atoms with Gasteiger partial charge in [0, 0.05) is 32.3 Å². The fourth-order valence-electron chi connectivity index (χ4n) is 3.41. The summed E-state index contributed by atoms with van der Waals surface area (Å²) in [6.07, 6.45) is 5.53. The van der Waals surface area contributed by atoms with Crippen LogP contribution < -0.4 is 10.6 Å². The summed E-state index contributed by atoms with van der Waals surface area (Å²) in [5, 5.41) is 16.0. The highest BCUT2D eigenvalue weighted by Gasteiger charge is 2.30. The maximum atomic E-state index is 12.5. The van der Waals surface area contributed by atoms with E-state index in [1.165, 1.54) is 11.3 Å². The van der Waals surface area contributed by atoms with Crippen molar-refractivity contribution in [1.82, 2.24) is 20.2 Å². The Kier molecular flexibility index (Phi) is 4.57. The number of nitriles is 1. The van der Waals surface area contributed by atoms with Gasteiger partial charge < -0.3 is 15.5 Å². The zero-order valence-electron chi connectivity index (χ0n) is 14.5. The highest BCUT2D eigenvalue weighted by Crippen LogP contribution is 2.35. The number of likely N-dealkylation sites (tertiary alicyclic amines) is 1. The average molecular weight is 368 g/mol. The molecule has 0 spiro atoms. The van der Waals surface area contributed by atoms with E-state index in [1.54, 1.807) is 4.90 Å². The fraction of sp³-hybridized carbons (Fsp3) is 0.444. The largest absolute Gasteiger partial charge is 0.310 e. The minimum Gasteiger partial charge on any atom is -0.310 e. The van der Waals surface area contributed by atoms with Crippen LogP contribution in [0.25, 0.3) is 0 Å². The Bertz CT molecular complexity index is 856. The average Bonchev–Trinajstić information content (AvgIpc) is 3.28. The number of anilines is 1. The summed E-state index contributed by atoms with van der Waals surface area (Å²) in [6, 6.07) is 4.11. The van der Waals surface area contributed by atoms with Gasteiger partial charge >= 0.3 is 0 Å². The van der Waals surface area contributed by atoms with Crippen molar-refractivity contribution >= 4 is 22.4 Å². The number of nitrogens with zero attached hydrogens (tertiary/aromatic N) is 4. The van der Waals surface area contributed by atoms with Crippen molar-refractivity contribution < 1.29 is 4.79 Å². The molecule has 1 fully saturated rings. The number of carbonyl (C=O) groups is 1. The fourth-order valence-corrected chi connectivity index (χ4v) is 4.51. The van der Waals surface area contributed by atoms with Crippen molar-refractivity contribution in [2.24, 2.45) is 5.92 Å². The van der Waals surface area contributed by atoms with Gasteiger partial charge in [-0.15, -0.1) is 0 Å². The van der Waals surface area contributed by atoms with Gasteiger partial charge in [0.25, 0.3) is 0 Å². The lowest BCUT2D eigenvalue weighted by atomic mass is 10.0. The highest BCUT2D eigenvalue weighted by atomic mass is 32.1. The Labute approximate surface area is 156 Å². The molecule has 1 amide bonds. The molecule has 4 heterocycles. The van der Waals surface area contributed by atoms with Crippen LogP contribution in [0.5, 0.6) is 0 Å². The molecule has 2 aliphatic heterocycles. The van der Waals surface area contributed by atoms with Crippen LogP contribution in [0.1, 0.15) is 34.3 Å². The molecule has 7 nitrogen and oxygen atoms in total. The van der Waals surface area contributed by atoms with Crippen LogP contribution >= 0.6 is 11.3 Å². The number of hydrogen-bond donors (Lipinski definition) is 2. The molecule has 1 saturated heterocycles. The lowest BCUT2D eigenvalue weighted by Crippen LogP contribution is -2.30. The number of nitrogens with one attached hydrogen (secondary N) is 2. The van der Waals surface area contributed by atoms with Gasteiger partial charge in [0.1, 0.15) is 0 Å².